The summed E-state index contributed by atoms with van der Waals surface area (Å²) < 4.78 is 2.10. The van der Waals surface area contributed by atoms with E-state index in [0.29, 0.717) is 0 Å². The van der Waals surface area contributed by atoms with E-state index in [1.165, 1.54) is 16.7 Å². The van der Waals surface area contributed by atoms with Gasteiger partial charge < -0.3 is 0 Å². The Bertz CT molecular complexity index is 512. The number of hydrogen-bond acceptors (Lipinski definition) is 0. The first-order valence-corrected chi connectivity index (χ1v) is 6.01. The number of nitrogens with zero attached hydrogens (tertiary/aromatic N) is 1. The summed E-state index contributed by atoms with van der Waals surface area (Å²) in [6.45, 7) is 2.19. The van der Waals surface area contributed by atoms with E-state index in [1.54, 1.807) is 0 Å². The van der Waals surface area contributed by atoms with Crippen LogP contribution in [0, 0.1) is 0 Å². The fourth-order valence-corrected chi connectivity index (χ4v) is 1.88. The minimum Gasteiger partial charge on any atom is -0.207 e. The molecule has 0 aliphatic rings. The second kappa shape index (κ2) is 5.44. The van der Waals surface area contributed by atoms with Gasteiger partial charge in [-0.3, -0.25) is 0 Å². The summed E-state index contributed by atoms with van der Waals surface area (Å²) in [6.07, 6.45) is 9.68. The number of rotatable bonds is 3. The van der Waals surface area contributed by atoms with Gasteiger partial charge in [0.2, 0.25) is 0 Å². The van der Waals surface area contributed by atoms with Crippen molar-refractivity contribution in [1.82, 2.24) is 0 Å². The van der Waals surface area contributed by atoms with Gasteiger partial charge in [-0.15, -0.1) is 0 Å². The fourth-order valence-electron chi connectivity index (χ4n) is 1.88. The predicted octanol–water partition coefficient (Wildman–Crippen LogP) is 3.24. The summed E-state index contributed by atoms with van der Waals surface area (Å²) in [5.74, 6) is 0. The standard InChI is InChI=1S/C16H18N/c1-3-15-13-17(2)12-11-16(15)10-9-14-7-5-4-6-8-14/h4-13H,3H2,1-2H3/q+1/b10-9+. The molecule has 0 saturated heterocycles. The van der Waals surface area contributed by atoms with Crippen molar-refractivity contribution in [2.24, 2.45) is 7.05 Å². The second-order valence-corrected chi connectivity index (χ2v) is 4.19. The third kappa shape index (κ3) is 3.04. The van der Waals surface area contributed by atoms with E-state index in [4.69, 9.17) is 0 Å². The van der Waals surface area contributed by atoms with Crippen LogP contribution >= 0.6 is 0 Å². The summed E-state index contributed by atoms with van der Waals surface area (Å²) in [5, 5.41) is 0. The van der Waals surface area contributed by atoms with Crippen LogP contribution in [0.1, 0.15) is 23.6 Å². The molecule has 2 aromatic rings. The average molecular weight is 224 g/mol. The molecule has 0 aliphatic heterocycles. The van der Waals surface area contributed by atoms with Gasteiger partial charge in [-0.1, -0.05) is 49.4 Å². The lowest BCUT2D eigenvalue weighted by Gasteiger charge is -2.00. The minimum atomic E-state index is 1.06. The van der Waals surface area contributed by atoms with Crippen LogP contribution in [0.3, 0.4) is 0 Å². The van der Waals surface area contributed by atoms with Crippen molar-refractivity contribution in [3.05, 3.63) is 65.5 Å². The Morgan fingerprint density at radius 1 is 1.06 bits per heavy atom. The topological polar surface area (TPSA) is 3.88 Å². The van der Waals surface area contributed by atoms with E-state index in [1.807, 2.05) is 6.07 Å². The first-order chi connectivity index (χ1) is 8.29. The van der Waals surface area contributed by atoms with Gasteiger partial charge in [-0.2, -0.15) is 0 Å². The van der Waals surface area contributed by atoms with Crippen LogP contribution in [0.25, 0.3) is 12.2 Å². The molecule has 1 nitrogen and oxygen atoms in total. The molecule has 0 unspecified atom stereocenters. The molecule has 1 aromatic heterocycles. The maximum absolute atomic E-state index is 2.19. The Labute approximate surface area is 103 Å². The largest absolute Gasteiger partial charge is 0.207 e. The van der Waals surface area contributed by atoms with Gasteiger partial charge in [0.15, 0.2) is 12.4 Å². The molecule has 0 N–H and O–H groups in total. The van der Waals surface area contributed by atoms with Crippen molar-refractivity contribution in [1.29, 1.82) is 0 Å². The van der Waals surface area contributed by atoms with Crippen molar-refractivity contribution in [3.63, 3.8) is 0 Å². The summed E-state index contributed by atoms with van der Waals surface area (Å²) in [4.78, 5) is 0. The molecule has 1 aromatic carbocycles. The molecule has 17 heavy (non-hydrogen) atoms. The van der Waals surface area contributed by atoms with Crippen LogP contribution in [0.2, 0.25) is 0 Å². The Balaban J connectivity index is 2.27. The molecule has 0 bridgehead atoms. The van der Waals surface area contributed by atoms with Crippen molar-refractivity contribution in [2.45, 2.75) is 13.3 Å². The van der Waals surface area contributed by atoms with Crippen molar-refractivity contribution >= 4 is 12.2 Å². The first-order valence-electron chi connectivity index (χ1n) is 6.01. The Hall–Kier alpha value is -1.89. The van der Waals surface area contributed by atoms with Gasteiger partial charge in [0.05, 0.1) is 0 Å². The number of benzene rings is 1. The molecule has 2 rings (SSSR count). The van der Waals surface area contributed by atoms with Gasteiger partial charge in [-0.25, -0.2) is 4.57 Å². The van der Waals surface area contributed by atoms with Crippen LogP contribution in [0.4, 0.5) is 0 Å². The quantitative estimate of drug-likeness (QED) is 0.705. The highest BCUT2D eigenvalue weighted by atomic mass is 14.9. The lowest BCUT2D eigenvalue weighted by Crippen LogP contribution is -2.27. The van der Waals surface area contributed by atoms with Crippen LogP contribution < -0.4 is 4.57 Å². The summed E-state index contributed by atoms with van der Waals surface area (Å²) in [5.41, 5.74) is 3.92. The molecule has 0 amide bonds. The monoisotopic (exact) mass is 224 g/mol. The zero-order chi connectivity index (χ0) is 12.1. The number of aryl methyl sites for hydroxylation is 2. The first kappa shape index (κ1) is 11.6. The van der Waals surface area contributed by atoms with Crippen molar-refractivity contribution < 1.29 is 4.57 Å². The molecule has 0 spiro atoms. The lowest BCUT2D eigenvalue weighted by atomic mass is 10.1. The summed E-state index contributed by atoms with van der Waals surface area (Å²) in [6, 6.07) is 12.6. The van der Waals surface area contributed by atoms with E-state index < -0.39 is 0 Å². The molecule has 1 heterocycles. The SMILES string of the molecule is CCc1c[n+](C)ccc1/C=C/c1ccccc1. The van der Waals surface area contributed by atoms with Crippen molar-refractivity contribution in [2.75, 3.05) is 0 Å². The zero-order valence-electron chi connectivity index (χ0n) is 10.4. The Morgan fingerprint density at radius 2 is 1.82 bits per heavy atom. The van der Waals surface area contributed by atoms with Gasteiger partial charge in [0, 0.05) is 11.6 Å². The van der Waals surface area contributed by atoms with E-state index in [-0.39, 0.29) is 0 Å². The molecule has 1 heteroatoms. The van der Waals surface area contributed by atoms with Crippen LogP contribution in [0.5, 0.6) is 0 Å². The zero-order valence-corrected chi connectivity index (χ0v) is 10.4. The average Bonchev–Trinajstić information content (AvgIpc) is 2.38. The third-order valence-electron chi connectivity index (χ3n) is 2.86. The number of aromatic nitrogens is 1. The Morgan fingerprint density at radius 3 is 2.53 bits per heavy atom. The van der Waals surface area contributed by atoms with Crippen LogP contribution in [-0.4, -0.2) is 0 Å². The Kier molecular flexibility index (Phi) is 3.71. The lowest BCUT2D eigenvalue weighted by molar-refractivity contribution is -0.671. The van der Waals surface area contributed by atoms with E-state index >= 15 is 0 Å². The number of pyridine rings is 1. The maximum Gasteiger partial charge on any atom is 0.172 e. The second-order valence-electron chi connectivity index (χ2n) is 4.19. The highest BCUT2D eigenvalue weighted by Gasteiger charge is 2.02. The van der Waals surface area contributed by atoms with Crippen molar-refractivity contribution in [3.8, 4) is 0 Å². The van der Waals surface area contributed by atoms with E-state index in [9.17, 15) is 0 Å². The molecule has 0 radical (unpaired) electrons. The highest BCUT2D eigenvalue weighted by Crippen LogP contribution is 2.11. The fraction of sp³-hybridized carbons (Fsp3) is 0.188. The van der Waals surface area contributed by atoms with Gasteiger partial charge in [0.25, 0.3) is 0 Å². The molecule has 0 saturated carbocycles. The molecular weight excluding hydrogens is 206 g/mol. The van der Waals surface area contributed by atoms with Gasteiger partial charge >= 0.3 is 0 Å². The van der Waals surface area contributed by atoms with Crippen LogP contribution in [-0.2, 0) is 13.5 Å². The van der Waals surface area contributed by atoms with Crippen LogP contribution in [0.15, 0.2) is 48.8 Å². The maximum atomic E-state index is 2.19. The molecule has 0 atom stereocenters. The van der Waals surface area contributed by atoms with Gasteiger partial charge in [-0.05, 0) is 17.5 Å². The van der Waals surface area contributed by atoms with E-state index in [2.05, 4.69) is 73.4 Å². The molecule has 0 aliphatic carbocycles. The molecule has 86 valence electrons. The molecular formula is C16H18N+. The van der Waals surface area contributed by atoms with E-state index in [0.717, 1.165) is 6.42 Å². The highest BCUT2D eigenvalue weighted by molar-refractivity contribution is 5.70. The molecule has 0 fully saturated rings. The minimum absolute atomic E-state index is 1.06. The summed E-state index contributed by atoms with van der Waals surface area (Å²) >= 11 is 0. The smallest absolute Gasteiger partial charge is 0.172 e. The normalized spacial score (nSPS) is 10.9. The van der Waals surface area contributed by atoms with Gasteiger partial charge in [0.1, 0.15) is 7.05 Å². The number of hydrogen-bond donors (Lipinski definition) is 0. The third-order valence-corrected chi connectivity index (χ3v) is 2.86. The predicted molar refractivity (Wildman–Crippen MR) is 72.4 cm³/mol. The summed E-state index contributed by atoms with van der Waals surface area (Å²) in [7, 11) is 2.06.